The van der Waals surface area contributed by atoms with Gasteiger partial charge in [0, 0.05) is 26.2 Å². The lowest BCUT2D eigenvalue weighted by Crippen LogP contribution is -2.44. The van der Waals surface area contributed by atoms with Gasteiger partial charge in [0.15, 0.2) is 0 Å². The van der Waals surface area contributed by atoms with Crippen molar-refractivity contribution >= 4 is 17.6 Å². The zero-order valence-corrected chi connectivity index (χ0v) is 22.0. The fourth-order valence-electron chi connectivity index (χ4n) is 6.61. The average molecular weight is 512 g/mol. The van der Waals surface area contributed by atoms with Gasteiger partial charge in [-0.25, -0.2) is 4.68 Å². The van der Waals surface area contributed by atoms with E-state index in [-0.39, 0.29) is 23.1 Å². The van der Waals surface area contributed by atoms with E-state index in [4.69, 9.17) is 0 Å². The molecular weight excluding hydrogens is 474 g/mol. The molecule has 0 radical (unpaired) electrons. The molecule has 1 aliphatic carbocycles. The van der Waals surface area contributed by atoms with Crippen LogP contribution in [0.5, 0.6) is 0 Å². The number of anilines is 1. The van der Waals surface area contributed by atoms with Gasteiger partial charge in [-0.15, -0.1) is 0 Å². The van der Waals surface area contributed by atoms with Crippen molar-refractivity contribution in [3.05, 3.63) is 83.0 Å². The Morgan fingerprint density at radius 2 is 1.82 bits per heavy atom. The molecule has 7 nitrogen and oxygen atoms in total. The minimum atomic E-state index is -0.0959. The molecule has 1 atom stereocenters. The highest BCUT2D eigenvalue weighted by Crippen LogP contribution is 2.46. The zero-order chi connectivity index (χ0) is 26.0. The predicted octanol–water partition coefficient (Wildman–Crippen LogP) is 4.18. The summed E-state index contributed by atoms with van der Waals surface area (Å²) in [6.45, 7) is 3.66. The van der Waals surface area contributed by atoms with Gasteiger partial charge in [0.2, 0.25) is 5.91 Å². The van der Waals surface area contributed by atoms with Crippen molar-refractivity contribution in [2.45, 2.75) is 56.9 Å². The number of nitrogens with one attached hydrogen (secondary N) is 2. The molecule has 1 spiro atoms. The molecule has 3 heterocycles. The number of hydrogen-bond acceptors (Lipinski definition) is 4. The van der Waals surface area contributed by atoms with Crippen molar-refractivity contribution in [3.8, 4) is 0 Å². The Bertz CT molecular complexity index is 1290. The standard InChI is InChI=1S/C31H37N5O2/c37-29(25-10-6-17-32-21-25)34-28-26(22-33-36(28)18-13-23-7-2-1-3-8-23)30(38)35-19-15-31(16-20-35)14-12-24-9-4-5-11-27(24)31/h1-5,7-9,11,22,25,32H,6,10,12-21H2,(H,34,37). The van der Waals surface area contributed by atoms with Gasteiger partial charge in [0.25, 0.3) is 5.91 Å². The van der Waals surface area contributed by atoms with Gasteiger partial charge in [-0.2, -0.15) is 5.10 Å². The second kappa shape index (κ2) is 10.7. The molecule has 1 unspecified atom stereocenters. The first-order chi connectivity index (χ1) is 18.6. The Kier molecular flexibility index (Phi) is 7.02. The minimum absolute atomic E-state index is 0.0332. The van der Waals surface area contributed by atoms with Crippen molar-refractivity contribution in [1.29, 1.82) is 0 Å². The number of amides is 2. The number of aryl methyl sites for hydroxylation is 3. The third-order valence-corrected chi connectivity index (χ3v) is 8.90. The largest absolute Gasteiger partial charge is 0.338 e. The van der Waals surface area contributed by atoms with E-state index in [1.54, 1.807) is 10.9 Å². The van der Waals surface area contributed by atoms with Crippen molar-refractivity contribution in [3.63, 3.8) is 0 Å². The van der Waals surface area contributed by atoms with Gasteiger partial charge in [-0.05, 0) is 73.6 Å². The SMILES string of the molecule is O=C(Nc1c(C(=O)N2CCC3(CCc4ccccc43)CC2)cnn1CCc1ccccc1)C1CCCNC1. The fourth-order valence-corrected chi connectivity index (χ4v) is 6.61. The number of carbonyl (C=O) groups is 2. The van der Waals surface area contributed by atoms with E-state index in [1.807, 2.05) is 23.1 Å². The summed E-state index contributed by atoms with van der Waals surface area (Å²) in [6, 6.07) is 19.0. The van der Waals surface area contributed by atoms with Gasteiger partial charge < -0.3 is 15.5 Å². The van der Waals surface area contributed by atoms with Gasteiger partial charge in [-0.1, -0.05) is 54.6 Å². The molecule has 3 aromatic rings. The first-order valence-electron chi connectivity index (χ1n) is 14.1. The summed E-state index contributed by atoms with van der Waals surface area (Å²) in [5.74, 6) is 0.372. The summed E-state index contributed by atoms with van der Waals surface area (Å²) in [5, 5.41) is 11.0. The Morgan fingerprint density at radius 3 is 2.61 bits per heavy atom. The summed E-state index contributed by atoms with van der Waals surface area (Å²) in [6.07, 6.45) is 8.52. The Hall–Kier alpha value is -3.45. The summed E-state index contributed by atoms with van der Waals surface area (Å²) < 4.78 is 1.80. The highest BCUT2D eigenvalue weighted by molar-refractivity contribution is 6.03. The predicted molar refractivity (Wildman–Crippen MR) is 148 cm³/mol. The van der Waals surface area contributed by atoms with Crippen molar-refractivity contribution in [1.82, 2.24) is 20.0 Å². The Balaban J connectivity index is 1.20. The maximum absolute atomic E-state index is 13.8. The van der Waals surface area contributed by atoms with Gasteiger partial charge in [0.1, 0.15) is 11.4 Å². The zero-order valence-electron chi connectivity index (χ0n) is 22.0. The van der Waals surface area contributed by atoms with E-state index in [1.165, 1.54) is 23.1 Å². The second-order valence-electron chi connectivity index (χ2n) is 11.1. The Morgan fingerprint density at radius 1 is 1.03 bits per heavy atom. The third kappa shape index (κ3) is 4.87. The number of benzene rings is 2. The lowest BCUT2D eigenvalue weighted by atomic mass is 9.74. The molecule has 2 aliphatic heterocycles. The number of hydrogen-bond donors (Lipinski definition) is 2. The highest BCUT2D eigenvalue weighted by Gasteiger charge is 2.42. The van der Waals surface area contributed by atoms with E-state index in [0.29, 0.717) is 24.5 Å². The maximum Gasteiger partial charge on any atom is 0.259 e. The monoisotopic (exact) mass is 511 g/mol. The third-order valence-electron chi connectivity index (χ3n) is 8.90. The average Bonchev–Trinajstić information content (AvgIpc) is 3.54. The lowest BCUT2D eigenvalue weighted by molar-refractivity contribution is -0.120. The Labute approximate surface area is 224 Å². The van der Waals surface area contributed by atoms with Crippen LogP contribution in [0.1, 0.15) is 59.2 Å². The topological polar surface area (TPSA) is 79.3 Å². The van der Waals surface area contributed by atoms with Crippen LogP contribution in [0, 0.1) is 5.92 Å². The summed E-state index contributed by atoms with van der Waals surface area (Å²) in [4.78, 5) is 29.0. The molecule has 0 saturated carbocycles. The van der Waals surface area contributed by atoms with Crippen LogP contribution in [0.2, 0.25) is 0 Å². The molecular formula is C31H37N5O2. The van der Waals surface area contributed by atoms with E-state index in [9.17, 15) is 9.59 Å². The molecule has 38 heavy (non-hydrogen) atoms. The molecule has 2 saturated heterocycles. The number of fused-ring (bicyclic) bond motifs is 2. The molecule has 6 rings (SSSR count). The van der Waals surface area contributed by atoms with Crippen LogP contribution in [0.15, 0.2) is 60.8 Å². The highest BCUT2D eigenvalue weighted by atomic mass is 16.2. The molecule has 1 aromatic heterocycles. The van der Waals surface area contributed by atoms with Crippen LogP contribution in [0.3, 0.4) is 0 Å². The van der Waals surface area contributed by atoms with E-state index < -0.39 is 0 Å². The second-order valence-corrected chi connectivity index (χ2v) is 11.1. The smallest absolute Gasteiger partial charge is 0.259 e. The first kappa shape index (κ1) is 24.9. The van der Waals surface area contributed by atoms with Crippen molar-refractivity contribution in [2.75, 3.05) is 31.5 Å². The van der Waals surface area contributed by atoms with Gasteiger partial charge in [-0.3, -0.25) is 9.59 Å². The van der Waals surface area contributed by atoms with Crippen LogP contribution >= 0.6 is 0 Å². The van der Waals surface area contributed by atoms with Gasteiger partial charge >= 0.3 is 0 Å². The minimum Gasteiger partial charge on any atom is -0.338 e. The summed E-state index contributed by atoms with van der Waals surface area (Å²) in [5.41, 5.74) is 4.84. The van der Waals surface area contributed by atoms with E-state index in [0.717, 1.165) is 58.2 Å². The van der Waals surface area contributed by atoms with Crippen LogP contribution < -0.4 is 10.6 Å². The molecule has 3 aliphatic rings. The molecule has 198 valence electrons. The number of carbonyl (C=O) groups excluding carboxylic acids is 2. The van der Waals surface area contributed by atoms with E-state index in [2.05, 4.69) is 52.1 Å². The molecule has 0 bridgehead atoms. The number of nitrogens with zero attached hydrogens (tertiary/aromatic N) is 3. The summed E-state index contributed by atoms with van der Waals surface area (Å²) >= 11 is 0. The molecule has 2 amide bonds. The van der Waals surface area contributed by atoms with Crippen molar-refractivity contribution < 1.29 is 9.59 Å². The quantitative estimate of drug-likeness (QED) is 0.520. The number of rotatable bonds is 6. The number of likely N-dealkylation sites (tertiary alicyclic amines) is 1. The molecule has 2 aromatic carbocycles. The van der Waals surface area contributed by atoms with E-state index >= 15 is 0 Å². The normalized spacial score (nSPS) is 20.3. The van der Waals surface area contributed by atoms with Crippen LogP contribution in [-0.2, 0) is 29.6 Å². The molecule has 2 N–H and O–H groups in total. The van der Waals surface area contributed by atoms with Crippen LogP contribution in [0.4, 0.5) is 5.82 Å². The van der Waals surface area contributed by atoms with Gasteiger partial charge in [0.05, 0.1) is 12.1 Å². The lowest BCUT2D eigenvalue weighted by Gasteiger charge is -2.40. The van der Waals surface area contributed by atoms with Crippen LogP contribution in [0.25, 0.3) is 0 Å². The molecule has 7 heteroatoms. The van der Waals surface area contributed by atoms with Crippen LogP contribution in [-0.4, -0.2) is 52.7 Å². The summed E-state index contributed by atoms with van der Waals surface area (Å²) in [7, 11) is 0. The molecule has 2 fully saturated rings. The maximum atomic E-state index is 13.8. The number of aromatic nitrogens is 2. The van der Waals surface area contributed by atoms with Crippen molar-refractivity contribution in [2.24, 2.45) is 5.92 Å². The number of piperidine rings is 2. The fraction of sp³-hybridized carbons (Fsp3) is 0.452. The first-order valence-corrected chi connectivity index (χ1v) is 14.1.